The van der Waals surface area contributed by atoms with Crippen LogP contribution in [0.15, 0.2) is 0 Å². The van der Waals surface area contributed by atoms with E-state index in [4.69, 9.17) is 5.73 Å². The van der Waals surface area contributed by atoms with Crippen LogP contribution in [0.1, 0.15) is 51.9 Å². The molecule has 2 heteroatoms. The Hall–Kier alpha value is 0.310. The molecule has 0 spiro atoms. The molecule has 1 nitrogen and oxygen atoms in total. The Balaban J connectivity index is 1.80. The van der Waals surface area contributed by atoms with Crippen molar-refractivity contribution in [2.24, 2.45) is 17.6 Å². The van der Waals surface area contributed by atoms with Gasteiger partial charge in [-0.1, -0.05) is 26.2 Å². The summed E-state index contributed by atoms with van der Waals surface area (Å²) in [6, 6.07) is 0. The first-order valence-electron chi connectivity index (χ1n) is 6.65. The maximum atomic E-state index is 5.84. The van der Waals surface area contributed by atoms with Gasteiger partial charge in [-0.05, 0) is 44.1 Å². The zero-order valence-corrected chi connectivity index (χ0v) is 10.8. The van der Waals surface area contributed by atoms with E-state index in [1.165, 1.54) is 44.9 Å². The Morgan fingerprint density at radius 1 is 1.13 bits per heavy atom. The van der Waals surface area contributed by atoms with Gasteiger partial charge in [0.2, 0.25) is 0 Å². The summed E-state index contributed by atoms with van der Waals surface area (Å²) in [4.78, 5) is 0. The Bertz CT molecular complexity index is 195. The van der Waals surface area contributed by atoms with Crippen molar-refractivity contribution in [3.05, 3.63) is 0 Å². The fraction of sp³-hybridized carbons (Fsp3) is 1.00. The number of hydrogen-bond acceptors (Lipinski definition) is 2. The molecule has 2 fully saturated rings. The highest BCUT2D eigenvalue weighted by Crippen LogP contribution is 2.41. The van der Waals surface area contributed by atoms with E-state index < -0.39 is 0 Å². The van der Waals surface area contributed by atoms with Crippen molar-refractivity contribution in [3.63, 3.8) is 0 Å². The van der Waals surface area contributed by atoms with Crippen LogP contribution in [-0.2, 0) is 0 Å². The maximum Gasteiger partial charge on any atom is 0.00901 e. The smallest absolute Gasteiger partial charge is 0.00901 e. The van der Waals surface area contributed by atoms with Gasteiger partial charge >= 0.3 is 0 Å². The monoisotopic (exact) mass is 227 g/mol. The molecule has 2 aliphatic carbocycles. The Labute approximate surface area is 98.6 Å². The number of thioether (sulfide) groups is 1. The van der Waals surface area contributed by atoms with Crippen LogP contribution in [0.2, 0.25) is 0 Å². The van der Waals surface area contributed by atoms with Gasteiger partial charge in [-0.15, -0.1) is 0 Å². The lowest BCUT2D eigenvalue weighted by Gasteiger charge is -2.30. The molecule has 0 radical (unpaired) electrons. The van der Waals surface area contributed by atoms with Crippen molar-refractivity contribution in [2.75, 3.05) is 6.54 Å². The van der Waals surface area contributed by atoms with E-state index in [9.17, 15) is 0 Å². The van der Waals surface area contributed by atoms with Crippen LogP contribution in [-0.4, -0.2) is 17.0 Å². The fourth-order valence-corrected chi connectivity index (χ4v) is 5.21. The molecule has 2 N–H and O–H groups in total. The molecule has 2 rings (SSSR count). The van der Waals surface area contributed by atoms with Gasteiger partial charge in [0.1, 0.15) is 0 Å². The van der Waals surface area contributed by atoms with Crippen LogP contribution >= 0.6 is 11.8 Å². The van der Waals surface area contributed by atoms with Gasteiger partial charge in [0.15, 0.2) is 0 Å². The van der Waals surface area contributed by atoms with Crippen LogP contribution in [0, 0.1) is 11.8 Å². The SMILES string of the molecule is CC1CCCC(SC2CCCC2CN)C1. The largest absolute Gasteiger partial charge is 0.330 e. The lowest BCUT2D eigenvalue weighted by atomic mass is 9.90. The normalized spacial score (nSPS) is 42.0. The molecule has 0 aromatic heterocycles. The van der Waals surface area contributed by atoms with Crippen molar-refractivity contribution in [2.45, 2.75) is 62.4 Å². The standard InChI is InChI=1S/C13H25NS/c1-10-4-2-6-12(8-10)15-13-7-3-5-11(13)9-14/h10-13H,2-9,14H2,1H3. The highest BCUT2D eigenvalue weighted by molar-refractivity contribution is 8.00. The predicted molar refractivity (Wildman–Crippen MR) is 69.2 cm³/mol. The van der Waals surface area contributed by atoms with Crippen molar-refractivity contribution in [1.29, 1.82) is 0 Å². The summed E-state index contributed by atoms with van der Waals surface area (Å²) in [5.74, 6) is 1.79. The quantitative estimate of drug-likeness (QED) is 0.799. The number of hydrogen-bond donors (Lipinski definition) is 1. The summed E-state index contributed by atoms with van der Waals surface area (Å²) in [5.41, 5.74) is 5.84. The predicted octanol–water partition coefficient (Wildman–Crippen LogP) is 3.43. The average Bonchev–Trinajstić information content (AvgIpc) is 2.65. The minimum atomic E-state index is 0.826. The second kappa shape index (κ2) is 5.58. The van der Waals surface area contributed by atoms with Gasteiger partial charge in [-0.2, -0.15) is 11.8 Å². The number of nitrogens with two attached hydrogens (primary N) is 1. The van der Waals surface area contributed by atoms with E-state index >= 15 is 0 Å². The summed E-state index contributed by atoms with van der Waals surface area (Å²) >= 11 is 2.28. The number of rotatable bonds is 3. The molecule has 2 aliphatic rings. The first kappa shape index (κ1) is 11.8. The third kappa shape index (κ3) is 3.13. The Morgan fingerprint density at radius 3 is 2.67 bits per heavy atom. The zero-order chi connectivity index (χ0) is 10.7. The molecule has 88 valence electrons. The van der Waals surface area contributed by atoms with Crippen molar-refractivity contribution >= 4 is 11.8 Å². The van der Waals surface area contributed by atoms with Gasteiger partial charge in [-0.3, -0.25) is 0 Å². The highest BCUT2D eigenvalue weighted by atomic mass is 32.2. The van der Waals surface area contributed by atoms with E-state index in [1.807, 2.05) is 0 Å². The first-order valence-corrected chi connectivity index (χ1v) is 7.59. The molecule has 15 heavy (non-hydrogen) atoms. The van der Waals surface area contributed by atoms with Crippen molar-refractivity contribution < 1.29 is 0 Å². The van der Waals surface area contributed by atoms with E-state index in [2.05, 4.69) is 18.7 Å². The molecule has 0 bridgehead atoms. The Kier molecular flexibility index (Phi) is 4.39. The summed E-state index contributed by atoms with van der Waals surface area (Å²) in [6.45, 7) is 3.34. The van der Waals surface area contributed by atoms with E-state index in [-0.39, 0.29) is 0 Å². The molecule has 0 aliphatic heterocycles. The summed E-state index contributed by atoms with van der Waals surface area (Å²) < 4.78 is 0. The maximum absolute atomic E-state index is 5.84. The topological polar surface area (TPSA) is 26.0 Å². The van der Waals surface area contributed by atoms with Gasteiger partial charge in [0.05, 0.1) is 0 Å². The Morgan fingerprint density at radius 2 is 1.93 bits per heavy atom. The molecule has 0 saturated heterocycles. The third-order valence-corrected chi connectivity index (χ3v) is 5.93. The van der Waals surface area contributed by atoms with E-state index in [0.717, 1.165) is 28.9 Å². The fourth-order valence-electron chi connectivity index (χ4n) is 3.20. The van der Waals surface area contributed by atoms with Crippen LogP contribution in [0.3, 0.4) is 0 Å². The molecule has 4 unspecified atom stereocenters. The summed E-state index contributed by atoms with van der Waals surface area (Å²) in [5, 5.41) is 1.84. The molecule has 0 aromatic rings. The van der Waals surface area contributed by atoms with Gasteiger partial charge in [0.25, 0.3) is 0 Å². The zero-order valence-electron chi connectivity index (χ0n) is 9.95. The third-order valence-electron chi connectivity index (χ3n) is 4.15. The van der Waals surface area contributed by atoms with Gasteiger partial charge < -0.3 is 5.73 Å². The summed E-state index contributed by atoms with van der Waals surface area (Å²) in [7, 11) is 0. The molecular weight excluding hydrogens is 202 g/mol. The van der Waals surface area contributed by atoms with Crippen LogP contribution < -0.4 is 5.73 Å². The van der Waals surface area contributed by atoms with Crippen LogP contribution in [0.25, 0.3) is 0 Å². The van der Waals surface area contributed by atoms with Crippen molar-refractivity contribution in [3.8, 4) is 0 Å². The molecule has 4 atom stereocenters. The molecule has 2 saturated carbocycles. The highest BCUT2D eigenvalue weighted by Gasteiger charge is 2.30. The van der Waals surface area contributed by atoms with Crippen molar-refractivity contribution in [1.82, 2.24) is 0 Å². The lowest BCUT2D eigenvalue weighted by molar-refractivity contribution is 0.392. The minimum Gasteiger partial charge on any atom is -0.330 e. The summed E-state index contributed by atoms with van der Waals surface area (Å²) in [6.07, 6.45) is 10.1. The van der Waals surface area contributed by atoms with E-state index in [1.54, 1.807) is 0 Å². The molecule has 0 heterocycles. The lowest BCUT2D eigenvalue weighted by Crippen LogP contribution is -2.24. The second-order valence-corrected chi connectivity index (χ2v) is 7.04. The minimum absolute atomic E-state index is 0.826. The van der Waals surface area contributed by atoms with Crippen LogP contribution in [0.5, 0.6) is 0 Å². The van der Waals surface area contributed by atoms with Gasteiger partial charge in [0, 0.05) is 10.5 Å². The average molecular weight is 227 g/mol. The molecular formula is C13H25NS. The first-order chi connectivity index (χ1) is 7.29. The van der Waals surface area contributed by atoms with Gasteiger partial charge in [-0.25, -0.2) is 0 Å². The van der Waals surface area contributed by atoms with E-state index in [0.29, 0.717) is 0 Å². The van der Waals surface area contributed by atoms with Crippen LogP contribution in [0.4, 0.5) is 0 Å². The molecule has 0 amide bonds. The molecule has 0 aromatic carbocycles. The second-order valence-electron chi connectivity index (χ2n) is 5.50.